The van der Waals surface area contributed by atoms with Crippen molar-refractivity contribution in [2.45, 2.75) is 19.3 Å². The van der Waals surface area contributed by atoms with Gasteiger partial charge in [-0.25, -0.2) is 0 Å². The summed E-state index contributed by atoms with van der Waals surface area (Å²) in [5, 5.41) is 0. The van der Waals surface area contributed by atoms with Crippen LogP contribution in [0.25, 0.3) is 0 Å². The van der Waals surface area contributed by atoms with Crippen LogP contribution in [0.4, 0.5) is 0 Å². The molecule has 0 amide bonds. The summed E-state index contributed by atoms with van der Waals surface area (Å²) in [6, 6.07) is 17.4. The predicted molar refractivity (Wildman–Crippen MR) is 83.6 cm³/mol. The molecule has 0 aromatic heterocycles. The number of ether oxygens (including phenoxy) is 1. The van der Waals surface area contributed by atoms with Gasteiger partial charge in [0.1, 0.15) is 0 Å². The summed E-state index contributed by atoms with van der Waals surface area (Å²) in [6.45, 7) is 0.830. The van der Waals surface area contributed by atoms with Gasteiger partial charge in [0.05, 0.1) is 0 Å². The van der Waals surface area contributed by atoms with Crippen LogP contribution in [0.1, 0.15) is 23.1 Å². The molecule has 2 aromatic carbocycles. The van der Waals surface area contributed by atoms with Gasteiger partial charge < -0.3 is 4.74 Å². The second-order valence-corrected chi connectivity index (χ2v) is 5.64. The fourth-order valence-corrected chi connectivity index (χ4v) is 2.42. The van der Waals surface area contributed by atoms with Crippen molar-refractivity contribution < 1.29 is 4.74 Å². The summed E-state index contributed by atoms with van der Waals surface area (Å²) in [7, 11) is 1.75. The van der Waals surface area contributed by atoms with Crippen molar-refractivity contribution in [3.63, 3.8) is 0 Å². The highest BCUT2D eigenvalue weighted by Crippen LogP contribution is 2.15. The van der Waals surface area contributed by atoms with Crippen molar-refractivity contribution in [3.8, 4) is 0 Å². The first-order valence-corrected chi connectivity index (χ1v) is 7.38. The first kappa shape index (κ1) is 14.3. The lowest BCUT2D eigenvalue weighted by Gasteiger charge is -2.06. The summed E-state index contributed by atoms with van der Waals surface area (Å²) in [5.41, 5.74) is 4.11. The Hall–Kier alpha value is -1.12. The van der Waals surface area contributed by atoms with Gasteiger partial charge in [0.25, 0.3) is 0 Å². The lowest BCUT2D eigenvalue weighted by atomic mass is 10.0. The van der Waals surface area contributed by atoms with E-state index in [1.807, 2.05) is 0 Å². The minimum atomic E-state index is 0.830. The molecule has 2 aromatic rings. The van der Waals surface area contributed by atoms with Gasteiger partial charge in [0.15, 0.2) is 0 Å². The van der Waals surface area contributed by atoms with Crippen molar-refractivity contribution in [2.24, 2.45) is 0 Å². The van der Waals surface area contributed by atoms with E-state index in [0.29, 0.717) is 0 Å². The van der Waals surface area contributed by atoms with Crippen molar-refractivity contribution in [2.75, 3.05) is 13.7 Å². The molecular formula is C17H19BrO. The zero-order valence-corrected chi connectivity index (χ0v) is 12.8. The van der Waals surface area contributed by atoms with Crippen molar-refractivity contribution in [3.05, 3.63) is 69.7 Å². The molecule has 0 heterocycles. The smallest absolute Gasteiger partial charge is 0.0465 e. The Balaban J connectivity index is 2.00. The van der Waals surface area contributed by atoms with E-state index in [0.717, 1.165) is 30.3 Å². The highest BCUT2D eigenvalue weighted by molar-refractivity contribution is 9.10. The lowest BCUT2D eigenvalue weighted by Crippen LogP contribution is -1.94. The molecule has 0 bridgehead atoms. The van der Waals surface area contributed by atoms with Crippen LogP contribution >= 0.6 is 15.9 Å². The molecule has 1 nitrogen and oxygen atoms in total. The van der Waals surface area contributed by atoms with Crippen LogP contribution < -0.4 is 0 Å². The Morgan fingerprint density at radius 2 is 1.68 bits per heavy atom. The zero-order valence-electron chi connectivity index (χ0n) is 11.2. The Kier molecular flexibility index (Phi) is 5.62. The molecule has 0 radical (unpaired) electrons. The summed E-state index contributed by atoms with van der Waals surface area (Å²) < 4.78 is 6.23. The fraction of sp³-hybridized carbons (Fsp3) is 0.294. The van der Waals surface area contributed by atoms with E-state index in [1.165, 1.54) is 16.7 Å². The molecule has 0 unspecified atom stereocenters. The zero-order chi connectivity index (χ0) is 13.5. The normalized spacial score (nSPS) is 10.6. The maximum absolute atomic E-state index is 5.10. The number of methoxy groups -OCH3 is 1. The fourth-order valence-electron chi connectivity index (χ4n) is 2.15. The first-order valence-electron chi connectivity index (χ1n) is 6.59. The average Bonchev–Trinajstić information content (AvgIpc) is 2.42. The lowest BCUT2D eigenvalue weighted by molar-refractivity contribution is 0.195. The molecule has 0 saturated carbocycles. The largest absolute Gasteiger partial charge is 0.385 e. The van der Waals surface area contributed by atoms with Gasteiger partial charge in [-0.1, -0.05) is 52.3 Å². The first-order chi connectivity index (χ1) is 9.28. The third-order valence-corrected chi connectivity index (χ3v) is 3.66. The van der Waals surface area contributed by atoms with Gasteiger partial charge in [-0.3, -0.25) is 0 Å². The number of hydrogen-bond donors (Lipinski definition) is 0. The van der Waals surface area contributed by atoms with E-state index in [9.17, 15) is 0 Å². The van der Waals surface area contributed by atoms with Gasteiger partial charge in [-0.05, 0) is 48.1 Å². The Morgan fingerprint density at radius 3 is 2.42 bits per heavy atom. The Bertz CT molecular complexity index is 505. The number of halogens is 1. The minimum Gasteiger partial charge on any atom is -0.385 e. The summed E-state index contributed by atoms with van der Waals surface area (Å²) in [6.07, 6.45) is 3.16. The van der Waals surface area contributed by atoms with Gasteiger partial charge in [-0.2, -0.15) is 0 Å². The molecule has 0 fully saturated rings. The number of hydrogen-bond acceptors (Lipinski definition) is 1. The molecule has 0 N–H and O–H groups in total. The monoisotopic (exact) mass is 318 g/mol. The van der Waals surface area contributed by atoms with Crippen LogP contribution in [0.5, 0.6) is 0 Å². The summed E-state index contributed by atoms with van der Waals surface area (Å²) in [4.78, 5) is 0. The molecule has 0 aliphatic rings. The van der Waals surface area contributed by atoms with Crippen LogP contribution in [0, 0.1) is 0 Å². The molecule has 0 aliphatic carbocycles. The molecule has 2 rings (SSSR count). The second kappa shape index (κ2) is 7.46. The summed E-state index contributed by atoms with van der Waals surface area (Å²) >= 11 is 3.47. The standard InChI is InChI=1S/C17H19BrO/c1-19-11-3-6-14-4-2-5-16(12-14)13-15-7-9-17(18)10-8-15/h2,4-5,7-10,12H,3,6,11,13H2,1H3. The Labute approximate surface area is 123 Å². The van der Waals surface area contributed by atoms with E-state index in [-0.39, 0.29) is 0 Å². The van der Waals surface area contributed by atoms with Crippen LogP contribution in [-0.4, -0.2) is 13.7 Å². The topological polar surface area (TPSA) is 9.23 Å². The predicted octanol–water partition coefficient (Wildman–Crippen LogP) is 4.62. The van der Waals surface area contributed by atoms with E-state index in [4.69, 9.17) is 4.74 Å². The minimum absolute atomic E-state index is 0.830. The van der Waals surface area contributed by atoms with E-state index < -0.39 is 0 Å². The highest BCUT2D eigenvalue weighted by atomic mass is 79.9. The van der Waals surface area contributed by atoms with E-state index in [1.54, 1.807) is 7.11 Å². The maximum Gasteiger partial charge on any atom is 0.0465 e. The summed E-state index contributed by atoms with van der Waals surface area (Å²) in [5.74, 6) is 0. The number of benzene rings is 2. The molecule has 0 atom stereocenters. The van der Waals surface area contributed by atoms with Gasteiger partial charge >= 0.3 is 0 Å². The third-order valence-electron chi connectivity index (χ3n) is 3.13. The average molecular weight is 319 g/mol. The van der Waals surface area contributed by atoms with Crippen LogP contribution in [-0.2, 0) is 17.6 Å². The molecule has 100 valence electrons. The quantitative estimate of drug-likeness (QED) is 0.706. The van der Waals surface area contributed by atoms with Crippen molar-refractivity contribution >= 4 is 15.9 Å². The highest BCUT2D eigenvalue weighted by Gasteiger charge is 1.99. The maximum atomic E-state index is 5.10. The SMILES string of the molecule is COCCCc1cccc(Cc2ccc(Br)cc2)c1. The molecule has 0 saturated heterocycles. The number of aryl methyl sites for hydroxylation is 1. The molecular weight excluding hydrogens is 300 g/mol. The molecule has 0 spiro atoms. The molecule has 19 heavy (non-hydrogen) atoms. The third kappa shape index (κ3) is 4.81. The van der Waals surface area contributed by atoms with Gasteiger partial charge in [0, 0.05) is 18.2 Å². The van der Waals surface area contributed by atoms with Crippen molar-refractivity contribution in [1.29, 1.82) is 0 Å². The van der Waals surface area contributed by atoms with Crippen LogP contribution in [0.2, 0.25) is 0 Å². The Morgan fingerprint density at radius 1 is 0.947 bits per heavy atom. The van der Waals surface area contributed by atoms with Crippen LogP contribution in [0.15, 0.2) is 53.0 Å². The number of rotatable bonds is 6. The van der Waals surface area contributed by atoms with Gasteiger partial charge in [0.2, 0.25) is 0 Å². The van der Waals surface area contributed by atoms with E-state index >= 15 is 0 Å². The van der Waals surface area contributed by atoms with E-state index in [2.05, 4.69) is 64.5 Å². The second-order valence-electron chi connectivity index (χ2n) is 4.72. The molecule has 2 heteroatoms. The molecule has 0 aliphatic heterocycles. The van der Waals surface area contributed by atoms with Crippen LogP contribution in [0.3, 0.4) is 0 Å². The van der Waals surface area contributed by atoms with Gasteiger partial charge in [-0.15, -0.1) is 0 Å². The van der Waals surface area contributed by atoms with Crippen molar-refractivity contribution in [1.82, 2.24) is 0 Å².